The molecule has 3 heterocycles. The topological polar surface area (TPSA) is 72.2 Å². The van der Waals surface area contributed by atoms with Gasteiger partial charge in [-0.25, -0.2) is 4.98 Å². The van der Waals surface area contributed by atoms with E-state index in [9.17, 15) is 4.79 Å². The fourth-order valence-electron chi connectivity index (χ4n) is 2.68. The number of hydrogen-bond acceptors (Lipinski definition) is 7. The van der Waals surface area contributed by atoms with E-state index in [0.717, 1.165) is 26.4 Å². The van der Waals surface area contributed by atoms with Gasteiger partial charge in [0.05, 0.1) is 5.69 Å². The molecule has 1 aromatic carbocycles. The lowest BCUT2D eigenvalue weighted by Gasteiger charge is -2.05. The van der Waals surface area contributed by atoms with E-state index in [-0.39, 0.29) is 5.56 Å². The van der Waals surface area contributed by atoms with Gasteiger partial charge in [-0.2, -0.15) is 0 Å². The molecular weight excluding hydrogens is 378 g/mol. The van der Waals surface area contributed by atoms with Gasteiger partial charge in [-0.3, -0.25) is 9.20 Å². The first-order valence-electron chi connectivity index (χ1n) is 8.36. The van der Waals surface area contributed by atoms with E-state index in [1.54, 1.807) is 16.7 Å². The van der Waals surface area contributed by atoms with Gasteiger partial charge in [-0.05, 0) is 43.2 Å². The zero-order valence-corrected chi connectivity index (χ0v) is 16.5. The highest BCUT2D eigenvalue weighted by Crippen LogP contribution is 2.29. The van der Waals surface area contributed by atoms with Crippen molar-refractivity contribution in [3.05, 3.63) is 75.8 Å². The van der Waals surface area contributed by atoms with Crippen LogP contribution < -0.4 is 10.9 Å². The monoisotopic (exact) mass is 395 g/mol. The largest absolute Gasteiger partial charge is 0.330 e. The lowest BCUT2D eigenvalue weighted by molar-refractivity contribution is 0.994. The Labute approximate surface area is 164 Å². The summed E-state index contributed by atoms with van der Waals surface area (Å²) in [6, 6.07) is 13.5. The summed E-state index contributed by atoms with van der Waals surface area (Å²) in [5, 5.41) is 12.4. The summed E-state index contributed by atoms with van der Waals surface area (Å²) in [4.78, 5) is 16.9. The minimum atomic E-state index is -0.0710. The highest BCUT2D eigenvalue weighted by atomic mass is 32.2. The maximum absolute atomic E-state index is 12.3. The predicted octanol–water partition coefficient (Wildman–Crippen LogP) is 4.20. The predicted molar refractivity (Wildman–Crippen MR) is 110 cm³/mol. The molecule has 6 nitrogen and oxygen atoms in total. The summed E-state index contributed by atoms with van der Waals surface area (Å²) in [6.45, 7) is 4.00. The Kier molecular flexibility index (Phi) is 4.91. The van der Waals surface area contributed by atoms with E-state index in [0.29, 0.717) is 11.4 Å². The van der Waals surface area contributed by atoms with Gasteiger partial charge >= 0.3 is 0 Å². The third kappa shape index (κ3) is 4.01. The molecule has 0 fully saturated rings. The number of nitrogens with zero attached hydrogens (tertiary/aromatic N) is 4. The van der Waals surface area contributed by atoms with Crippen LogP contribution in [0.1, 0.15) is 16.8 Å². The molecule has 0 aliphatic heterocycles. The zero-order valence-electron chi connectivity index (χ0n) is 14.8. The van der Waals surface area contributed by atoms with Crippen molar-refractivity contribution in [3.8, 4) is 0 Å². The van der Waals surface area contributed by atoms with Crippen molar-refractivity contribution in [2.24, 2.45) is 0 Å². The molecule has 1 N–H and O–H groups in total. The molecule has 0 aliphatic carbocycles. The minimum Gasteiger partial charge on any atom is -0.330 e. The highest BCUT2D eigenvalue weighted by molar-refractivity contribution is 8.00. The highest BCUT2D eigenvalue weighted by Gasteiger charge is 2.09. The second-order valence-corrected chi connectivity index (χ2v) is 8.33. The third-order valence-corrected chi connectivity index (χ3v) is 5.96. The number of hydrogen-bond donors (Lipinski definition) is 1. The summed E-state index contributed by atoms with van der Waals surface area (Å²) >= 11 is 3.01. The Morgan fingerprint density at radius 3 is 2.89 bits per heavy atom. The summed E-state index contributed by atoms with van der Waals surface area (Å²) in [6.07, 6.45) is 1.74. The van der Waals surface area contributed by atoms with Crippen molar-refractivity contribution in [3.63, 3.8) is 0 Å². The summed E-state index contributed by atoms with van der Waals surface area (Å²) in [7, 11) is 0. The van der Waals surface area contributed by atoms with Crippen LogP contribution in [0.5, 0.6) is 0 Å². The third-order valence-electron chi connectivity index (χ3n) is 3.96. The van der Waals surface area contributed by atoms with E-state index in [1.165, 1.54) is 28.7 Å². The van der Waals surface area contributed by atoms with Crippen molar-refractivity contribution in [2.45, 2.75) is 23.9 Å². The molecule has 8 heteroatoms. The van der Waals surface area contributed by atoms with Crippen LogP contribution >= 0.6 is 23.1 Å². The Hall–Kier alpha value is -2.71. The second kappa shape index (κ2) is 7.50. The lowest BCUT2D eigenvalue weighted by Crippen LogP contribution is -2.15. The van der Waals surface area contributed by atoms with Crippen LogP contribution in [0.3, 0.4) is 0 Å². The molecule has 0 spiro atoms. The number of benzene rings is 1. The summed E-state index contributed by atoms with van der Waals surface area (Å²) in [5.74, 6) is 0.569. The molecule has 0 saturated carbocycles. The van der Waals surface area contributed by atoms with E-state index in [4.69, 9.17) is 0 Å². The van der Waals surface area contributed by atoms with Gasteiger partial charge in [0.2, 0.25) is 5.13 Å². The SMILES string of the molecule is Cc1cccc(Nc2nnc(SCc3cc(=O)n4cccc(C)c4n3)s2)c1. The number of nitrogens with one attached hydrogen (secondary N) is 1. The van der Waals surface area contributed by atoms with Gasteiger partial charge in [0, 0.05) is 23.7 Å². The van der Waals surface area contributed by atoms with Crippen LogP contribution in [0.2, 0.25) is 0 Å². The van der Waals surface area contributed by atoms with Gasteiger partial charge in [-0.1, -0.05) is 41.3 Å². The molecular formula is C19H17N5OS2. The molecule has 0 bridgehead atoms. The van der Waals surface area contributed by atoms with Gasteiger partial charge in [-0.15, -0.1) is 10.2 Å². The first-order chi connectivity index (χ1) is 13.1. The number of anilines is 2. The molecule has 3 aromatic heterocycles. The number of aryl methyl sites for hydroxylation is 2. The van der Waals surface area contributed by atoms with Crippen molar-refractivity contribution in [1.29, 1.82) is 0 Å². The number of fused-ring (bicyclic) bond motifs is 1. The first-order valence-corrected chi connectivity index (χ1v) is 10.2. The van der Waals surface area contributed by atoms with Crippen molar-refractivity contribution >= 4 is 39.6 Å². The number of aromatic nitrogens is 4. The Balaban J connectivity index is 1.48. The molecule has 4 rings (SSSR count). The smallest absolute Gasteiger partial charge is 0.258 e. The van der Waals surface area contributed by atoms with Crippen LogP contribution in [0.4, 0.5) is 10.8 Å². The molecule has 4 aromatic rings. The van der Waals surface area contributed by atoms with E-state index in [2.05, 4.69) is 26.6 Å². The molecule has 0 aliphatic rings. The maximum atomic E-state index is 12.3. The number of pyridine rings is 1. The summed E-state index contributed by atoms with van der Waals surface area (Å²) < 4.78 is 2.40. The average molecular weight is 396 g/mol. The molecule has 27 heavy (non-hydrogen) atoms. The fourth-order valence-corrected chi connectivity index (χ4v) is 4.35. The molecule has 0 radical (unpaired) electrons. The van der Waals surface area contributed by atoms with Crippen molar-refractivity contribution in [1.82, 2.24) is 19.6 Å². The molecule has 136 valence electrons. The van der Waals surface area contributed by atoms with E-state index < -0.39 is 0 Å². The Bertz CT molecular complexity index is 1170. The van der Waals surface area contributed by atoms with Crippen LogP contribution in [-0.4, -0.2) is 19.6 Å². The normalized spacial score (nSPS) is 11.0. The quantitative estimate of drug-likeness (QED) is 0.511. The molecule has 0 unspecified atom stereocenters. The van der Waals surface area contributed by atoms with Gasteiger partial charge in [0.25, 0.3) is 5.56 Å². The van der Waals surface area contributed by atoms with Crippen molar-refractivity contribution < 1.29 is 0 Å². The molecule has 0 amide bonds. The van der Waals surface area contributed by atoms with Crippen LogP contribution in [0, 0.1) is 13.8 Å². The lowest BCUT2D eigenvalue weighted by atomic mass is 10.2. The zero-order chi connectivity index (χ0) is 18.8. The first kappa shape index (κ1) is 17.7. The average Bonchev–Trinajstić information content (AvgIpc) is 3.08. The maximum Gasteiger partial charge on any atom is 0.258 e. The second-order valence-electron chi connectivity index (χ2n) is 6.13. The van der Waals surface area contributed by atoms with Gasteiger partial charge in [0.15, 0.2) is 4.34 Å². The van der Waals surface area contributed by atoms with E-state index in [1.807, 2.05) is 44.2 Å². The number of rotatable bonds is 5. The van der Waals surface area contributed by atoms with Gasteiger partial charge in [0.1, 0.15) is 5.65 Å². The van der Waals surface area contributed by atoms with Gasteiger partial charge < -0.3 is 5.32 Å². The fraction of sp³-hybridized carbons (Fsp3) is 0.158. The molecule has 0 saturated heterocycles. The summed E-state index contributed by atoms with van der Waals surface area (Å²) in [5.41, 5.74) is 4.51. The minimum absolute atomic E-state index is 0.0710. The number of thioether (sulfide) groups is 1. The Morgan fingerprint density at radius 1 is 1.15 bits per heavy atom. The Morgan fingerprint density at radius 2 is 2.04 bits per heavy atom. The molecule has 0 atom stereocenters. The van der Waals surface area contributed by atoms with Crippen LogP contribution in [0.15, 0.2) is 57.8 Å². The standard InChI is InChI=1S/C19H17N5OS2/c1-12-5-3-7-14(9-12)21-18-22-23-19(27-18)26-11-15-10-16(25)24-8-4-6-13(2)17(24)20-15/h3-10H,11H2,1-2H3,(H,21,22). The van der Waals surface area contributed by atoms with E-state index >= 15 is 0 Å². The van der Waals surface area contributed by atoms with Crippen molar-refractivity contribution in [2.75, 3.05) is 5.32 Å². The van der Waals surface area contributed by atoms with Crippen LogP contribution in [0.25, 0.3) is 5.65 Å². The van der Waals surface area contributed by atoms with Crippen LogP contribution in [-0.2, 0) is 5.75 Å².